The first-order chi connectivity index (χ1) is 8.09. The third-order valence-electron chi connectivity index (χ3n) is 3.32. The van der Waals surface area contributed by atoms with Gasteiger partial charge in [0.05, 0.1) is 5.41 Å². The maximum atomic E-state index is 12.2. The Morgan fingerprint density at radius 1 is 1.44 bits per heavy atom. The molecule has 0 spiro atoms. The van der Waals surface area contributed by atoms with Crippen molar-refractivity contribution in [2.75, 3.05) is 13.1 Å². The second kappa shape index (κ2) is 4.59. The Morgan fingerprint density at radius 2 is 2.00 bits per heavy atom. The van der Waals surface area contributed by atoms with E-state index in [0.717, 1.165) is 0 Å². The molecule has 1 fully saturated rings. The Labute approximate surface area is 106 Å². The van der Waals surface area contributed by atoms with Gasteiger partial charge in [0.2, 0.25) is 11.8 Å². The van der Waals surface area contributed by atoms with Crippen molar-refractivity contribution < 1.29 is 19.5 Å². The first kappa shape index (κ1) is 14.5. The molecule has 0 bridgehead atoms. The zero-order valence-electron chi connectivity index (χ0n) is 11.2. The summed E-state index contributed by atoms with van der Waals surface area (Å²) < 4.78 is 0. The number of hydrogen-bond donors (Lipinski definition) is 2. The van der Waals surface area contributed by atoms with E-state index in [9.17, 15) is 14.4 Å². The van der Waals surface area contributed by atoms with Gasteiger partial charge in [0, 0.05) is 19.5 Å². The number of carboxylic acid groups (broad SMARTS) is 1. The molecule has 1 aliphatic rings. The quantitative estimate of drug-likeness (QED) is 0.756. The fourth-order valence-electron chi connectivity index (χ4n) is 1.89. The predicted molar refractivity (Wildman–Crippen MR) is 64.8 cm³/mol. The number of hydrogen-bond acceptors (Lipinski definition) is 3. The molecule has 1 aliphatic heterocycles. The molecule has 18 heavy (non-hydrogen) atoms. The summed E-state index contributed by atoms with van der Waals surface area (Å²) in [5.41, 5.74) is -2.05. The molecule has 6 heteroatoms. The van der Waals surface area contributed by atoms with Crippen LogP contribution < -0.4 is 5.32 Å². The van der Waals surface area contributed by atoms with E-state index in [1.54, 1.807) is 13.8 Å². The number of rotatable bonds is 3. The Balaban J connectivity index is 2.84. The average molecular weight is 256 g/mol. The number of aliphatic carboxylic acids is 1. The molecule has 0 radical (unpaired) electrons. The van der Waals surface area contributed by atoms with E-state index in [1.807, 2.05) is 0 Å². The number of piperazine rings is 1. The minimum atomic E-state index is -1.12. The van der Waals surface area contributed by atoms with Crippen LogP contribution in [0, 0.1) is 5.41 Å². The van der Waals surface area contributed by atoms with Crippen molar-refractivity contribution >= 4 is 17.8 Å². The van der Waals surface area contributed by atoms with E-state index < -0.39 is 16.9 Å². The molecule has 0 atom stereocenters. The monoisotopic (exact) mass is 256 g/mol. The lowest BCUT2D eigenvalue weighted by Gasteiger charge is -2.42. The van der Waals surface area contributed by atoms with Crippen LogP contribution in [0.2, 0.25) is 0 Å². The normalized spacial score (nSPS) is 19.3. The maximum absolute atomic E-state index is 12.2. The number of nitrogens with zero attached hydrogens (tertiary/aromatic N) is 1. The van der Waals surface area contributed by atoms with Crippen molar-refractivity contribution in [3.8, 4) is 0 Å². The lowest BCUT2D eigenvalue weighted by molar-refractivity contribution is -0.156. The molecular formula is C12H20N2O4. The lowest BCUT2D eigenvalue weighted by atomic mass is 9.87. The van der Waals surface area contributed by atoms with Crippen LogP contribution in [-0.4, -0.2) is 46.4 Å². The number of carboxylic acids is 1. The van der Waals surface area contributed by atoms with E-state index in [0.29, 0.717) is 13.1 Å². The van der Waals surface area contributed by atoms with Gasteiger partial charge in [-0.1, -0.05) is 0 Å². The van der Waals surface area contributed by atoms with Crippen molar-refractivity contribution in [3.05, 3.63) is 0 Å². The summed E-state index contributed by atoms with van der Waals surface area (Å²) in [4.78, 5) is 36.3. The van der Waals surface area contributed by atoms with Gasteiger partial charge in [-0.2, -0.15) is 0 Å². The minimum Gasteiger partial charge on any atom is -0.481 e. The molecule has 1 saturated heterocycles. The molecule has 0 saturated carbocycles. The fraction of sp³-hybridized carbons (Fsp3) is 0.750. The molecular weight excluding hydrogens is 236 g/mol. The van der Waals surface area contributed by atoms with Gasteiger partial charge in [0.1, 0.15) is 5.54 Å². The van der Waals surface area contributed by atoms with Gasteiger partial charge >= 0.3 is 5.97 Å². The first-order valence-electron chi connectivity index (χ1n) is 5.91. The second-order valence-corrected chi connectivity index (χ2v) is 5.73. The molecule has 0 aromatic carbocycles. The largest absolute Gasteiger partial charge is 0.481 e. The molecule has 1 heterocycles. The molecule has 102 valence electrons. The Kier molecular flexibility index (Phi) is 3.69. The van der Waals surface area contributed by atoms with E-state index in [1.165, 1.54) is 18.7 Å². The number of carbonyl (C=O) groups excluding carboxylic acids is 2. The molecule has 2 amide bonds. The molecule has 1 rings (SSSR count). The number of nitrogens with one attached hydrogen (secondary N) is 1. The summed E-state index contributed by atoms with van der Waals surface area (Å²) in [5, 5.41) is 11.7. The predicted octanol–water partition coefficient (Wildman–Crippen LogP) is 0.224. The summed E-state index contributed by atoms with van der Waals surface area (Å²) in [5.74, 6) is -1.53. The van der Waals surface area contributed by atoms with Crippen molar-refractivity contribution in [2.45, 2.75) is 39.7 Å². The highest BCUT2D eigenvalue weighted by Crippen LogP contribution is 2.25. The van der Waals surface area contributed by atoms with Gasteiger partial charge in [-0.05, 0) is 27.7 Å². The summed E-state index contributed by atoms with van der Waals surface area (Å²) >= 11 is 0. The van der Waals surface area contributed by atoms with E-state index in [-0.39, 0.29) is 18.2 Å². The van der Waals surface area contributed by atoms with Crippen LogP contribution in [-0.2, 0) is 14.4 Å². The van der Waals surface area contributed by atoms with Crippen molar-refractivity contribution in [3.63, 3.8) is 0 Å². The smallest absolute Gasteiger partial charge is 0.309 e. The lowest BCUT2D eigenvalue weighted by Crippen LogP contribution is -2.63. The van der Waals surface area contributed by atoms with Gasteiger partial charge in [0.15, 0.2) is 0 Å². The summed E-state index contributed by atoms with van der Waals surface area (Å²) in [6.07, 6.45) is -0.112. The van der Waals surface area contributed by atoms with E-state index in [2.05, 4.69) is 5.32 Å². The SMILES string of the molecule is CC(C)(CC(=O)N1CCNC(=O)C1(C)C)C(=O)O. The van der Waals surface area contributed by atoms with Gasteiger partial charge in [0.25, 0.3) is 0 Å². The zero-order chi connectivity index (χ0) is 14.1. The molecule has 2 N–H and O–H groups in total. The third-order valence-corrected chi connectivity index (χ3v) is 3.32. The Hall–Kier alpha value is -1.59. The van der Waals surface area contributed by atoms with Gasteiger partial charge in [-0.25, -0.2) is 0 Å². The zero-order valence-corrected chi connectivity index (χ0v) is 11.2. The molecule has 0 aromatic heterocycles. The van der Waals surface area contributed by atoms with Crippen LogP contribution in [0.4, 0.5) is 0 Å². The highest BCUT2D eigenvalue weighted by Gasteiger charge is 2.42. The maximum Gasteiger partial charge on any atom is 0.309 e. The third kappa shape index (κ3) is 2.63. The van der Waals surface area contributed by atoms with Crippen molar-refractivity contribution in [1.82, 2.24) is 10.2 Å². The molecule has 0 aliphatic carbocycles. The van der Waals surface area contributed by atoms with Crippen molar-refractivity contribution in [2.24, 2.45) is 5.41 Å². The summed E-state index contributed by atoms with van der Waals surface area (Å²) in [6.45, 7) is 7.14. The first-order valence-corrected chi connectivity index (χ1v) is 5.91. The molecule has 0 aromatic rings. The molecule has 6 nitrogen and oxygen atoms in total. The molecule has 0 unspecified atom stereocenters. The van der Waals surface area contributed by atoms with E-state index >= 15 is 0 Å². The summed E-state index contributed by atoms with van der Waals surface area (Å²) in [6, 6.07) is 0. The Morgan fingerprint density at radius 3 is 2.50 bits per heavy atom. The van der Waals surface area contributed by atoms with Crippen LogP contribution in [0.1, 0.15) is 34.1 Å². The summed E-state index contributed by atoms with van der Waals surface area (Å²) in [7, 11) is 0. The van der Waals surface area contributed by atoms with Gasteiger partial charge in [-0.15, -0.1) is 0 Å². The highest BCUT2D eigenvalue weighted by atomic mass is 16.4. The average Bonchev–Trinajstić information content (AvgIpc) is 2.20. The topological polar surface area (TPSA) is 86.7 Å². The number of amides is 2. The highest BCUT2D eigenvalue weighted by molar-refractivity contribution is 5.93. The Bertz CT molecular complexity index is 388. The standard InChI is InChI=1S/C12H20N2O4/c1-11(2,10(17)18)7-8(15)14-6-5-13-9(16)12(14,3)4/h5-7H2,1-4H3,(H,13,16)(H,17,18). The second-order valence-electron chi connectivity index (χ2n) is 5.73. The van der Waals surface area contributed by atoms with Crippen molar-refractivity contribution in [1.29, 1.82) is 0 Å². The van der Waals surface area contributed by atoms with Crippen LogP contribution in [0.5, 0.6) is 0 Å². The van der Waals surface area contributed by atoms with E-state index in [4.69, 9.17) is 5.11 Å². The van der Waals surface area contributed by atoms with Crippen LogP contribution in [0.25, 0.3) is 0 Å². The van der Waals surface area contributed by atoms with Crippen LogP contribution >= 0.6 is 0 Å². The minimum absolute atomic E-state index is 0.112. The fourth-order valence-corrected chi connectivity index (χ4v) is 1.89. The van der Waals surface area contributed by atoms with Gasteiger partial charge in [-0.3, -0.25) is 14.4 Å². The van der Waals surface area contributed by atoms with Crippen LogP contribution in [0.15, 0.2) is 0 Å². The number of carbonyl (C=O) groups is 3. The van der Waals surface area contributed by atoms with Gasteiger partial charge < -0.3 is 15.3 Å². The van der Waals surface area contributed by atoms with Crippen LogP contribution in [0.3, 0.4) is 0 Å².